The summed E-state index contributed by atoms with van der Waals surface area (Å²) in [7, 11) is 0. The third kappa shape index (κ3) is 11.9. The van der Waals surface area contributed by atoms with Gasteiger partial charge in [-0.05, 0) is 194 Å². The quantitative estimate of drug-likeness (QED) is 0.104. The van der Waals surface area contributed by atoms with Crippen molar-refractivity contribution in [3.8, 4) is 0 Å². The summed E-state index contributed by atoms with van der Waals surface area (Å²) >= 11 is 12.4. The minimum Gasteiger partial charge on any atom is -0.399 e. The van der Waals surface area contributed by atoms with Crippen molar-refractivity contribution in [1.29, 1.82) is 0 Å². The van der Waals surface area contributed by atoms with Crippen LogP contribution in [0.5, 0.6) is 0 Å². The minimum atomic E-state index is 0.787. The van der Waals surface area contributed by atoms with Gasteiger partial charge in [0, 0.05) is 79.9 Å². The van der Waals surface area contributed by atoms with Crippen LogP contribution in [0, 0.1) is 0 Å². The Morgan fingerprint density at radius 3 is 0.351 bits per heavy atom. The number of nitrogen functional groups attached to an aromatic ring is 2. The topological polar surface area (TPSA) is 52.0 Å². The van der Waals surface area contributed by atoms with E-state index < -0.39 is 0 Å². The van der Waals surface area contributed by atoms with Crippen LogP contribution in [-0.4, -0.2) is 0 Å². The van der Waals surface area contributed by atoms with E-state index in [1.54, 1.807) is 82.3 Å². The van der Waals surface area contributed by atoms with E-state index in [0.29, 0.717) is 0 Å². The average molecular weight is 865 g/mol. The second kappa shape index (κ2) is 19.5. The molecule has 0 aliphatic carbocycles. The highest BCUT2D eigenvalue weighted by Crippen LogP contribution is 2.38. The van der Waals surface area contributed by atoms with Gasteiger partial charge in [0.15, 0.2) is 0 Å². The first-order valence-electron chi connectivity index (χ1n) is 18.0. The van der Waals surface area contributed by atoms with Gasteiger partial charge in [-0.3, -0.25) is 0 Å². The first kappa shape index (κ1) is 39.6. The molecule has 0 bridgehead atoms. The summed E-state index contributed by atoms with van der Waals surface area (Å²) in [6.45, 7) is 0. The first-order chi connectivity index (χ1) is 27.9. The summed E-state index contributed by atoms with van der Waals surface area (Å²) < 4.78 is 0. The number of rotatable bonds is 14. The van der Waals surface area contributed by atoms with Crippen LogP contribution in [0.15, 0.2) is 263 Å². The fourth-order valence-electron chi connectivity index (χ4n) is 5.48. The van der Waals surface area contributed by atoms with E-state index >= 15 is 0 Å². The summed E-state index contributed by atoms with van der Waals surface area (Å²) in [5, 5.41) is 0. The van der Waals surface area contributed by atoms with Crippen molar-refractivity contribution in [3.63, 3.8) is 0 Å². The first-order valence-corrected chi connectivity index (χ1v) is 23.7. The van der Waals surface area contributed by atoms with Crippen LogP contribution in [0.3, 0.4) is 0 Å². The Labute approximate surface area is 364 Å². The van der Waals surface area contributed by atoms with E-state index in [9.17, 15) is 0 Å². The molecule has 0 heterocycles. The highest BCUT2D eigenvalue weighted by molar-refractivity contribution is 8.01. The van der Waals surface area contributed by atoms with Crippen molar-refractivity contribution in [2.75, 3.05) is 11.5 Å². The molecule has 2 nitrogen and oxygen atoms in total. The summed E-state index contributed by atoms with van der Waals surface area (Å²) in [6.07, 6.45) is 0. The summed E-state index contributed by atoms with van der Waals surface area (Å²) in [6, 6.07) is 68.8. The number of nitrogens with two attached hydrogens (primary N) is 2. The lowest BCUT2D eigenvalue weighted by Gasteiger charge is -2.08. The molecule has 57 heavy (non-hydrogen) atoms. The molecule has 9 heteroatoms. The summed E-state index contributed by atoms with van der Waals surface area (Å²) in [5.41, 5.74) is 13.2. The maximum absolute atomic E-state index is 5.82. The predicted octanol–water partition coefficient (Wildman–Crippen LogP) is 15.9. The Bertz CT molecular complexity index is 2310. The molecule has 8 rings (SSSR count). The normalized spacial score (nSPS) is 11.1. The SMILES string of the molecule is Nc1ccc(Sc2ccc(Sc3ccc(Sc4ccc(Sc5ccc(Sc6ccc(Sc7ccc(Sc8ccc(N)cc8)cc7)cc6)cc5)cc4)cc3)cc2)cc1. The highest BCUT2D eigenvalue weighted by atomic mass is 32.2. The van der Waals surface area contributed by atoms with E-state index in [2.05, 4.69) is 170 Å². The van der Waals surface area contributed by atoms with Gasteiger partial charge in [0.1, 0.15) is 0 Å². The van der Waals surface area contributed by atoms with Crippen LogP contribution in [0.25, 0.3) is 0 Å². The number of hydrogen-bond acceptors (Lipinski definition) is 9. The lowest BCUT2D eigenvalue weighted by Crippen LogP contribution is -1.82. The molecular formula is C48H36N2S7. The number of benzene rings is 8. The van der Waals surface area contributed by atoms with Crippen molar-refractivity contribution in [2.45, 2.75) is 68.5 Å². The van der Waals surface area contributed by atoms with Gasteiger partial charge in [-0.25, -0.2) is 0 Å². The molecule has 0 fully saturated rings. The van der Waals surface area contributed by atoms with Gasteiger partial charge >= 0.3 is 0 Å². The van der Waals surface area contributed by atoms with Gasteiger partial charge in [-0.15, -0.1) is 0 Å². The molecule has 0 aromatic heterocycles. The zero-order valence-electron chi connectivity index (χ0n) is 30.5. The van der Waals surface area contributed by atoms with E-state index in [0.717, 1.165) is 11.4 Å². The molecule has 4 N–H and O–H groups in total. The maximum atomic E-state index is 5.82. The molecule has 0 amide bonds. The number of anilines is 2. The van der Waals surface area contributed by atoms with Crippen molar-refractivity contribution >= 4 is 93.7 Å². The van der Waals surface area contributed by atoms with E-state index in [1.165, 1.54) is 68.5 Å². The fraction of sp³-hybridized carbons (Fsp3) is 0. The molecular weight excluding hydrogens is 829 g/mol. The smallest absolute Gasteiger partial charge is 0.0314 e. The third-order valence-electron chi connectivity index (χ3n) is 8.35. The van der Waals surface area contributed by atoms with E-state index in [1.807, 2.05) is 24.3 Å². The van der Waals surface area contributed by atoms with Crippen molar-refractivity contribution in [2.24, 2.45) is 0 Å². The maximum Gasteiger partial charge on any atom is 0.0314 e. The van der Waals surface area contributed by atoms with Gasteiger partial charge in [0.05, 0.1) is 0 Å². The van der Waals surface area contributed by atoms with Gasteiger partial charge in [0.25, 0.3) is 0 Å². The molecule has 280 valence electrons. The van der Waals surface area contributed by atoms with Crippen molar-refractivity contribution in [1.82, 2.24) is 0 Å². The predicted molar refractivity (Wildman–Crippen MR) is 249 cm³/mol. The van der Waals surface area contributed by atoms with Crippen LogP contribution < -0.4 is 11.5 Å². The monoisotopic (exact) mass is 864 g/mol. The molecule has 0 radical (unpaired) electrons. The van der Waals surface area contributed by atoms with Gasteiger partial charge in [0.2, 0.25) is 0 Å². The highest BCUT2D eigenvalue weighted by Gasteiger charge is 2.06. The Morgan fingerprint density at radius 1 is 0.158 bits per heavy atom. The standard InChI is InChI=1S/C48H36N2S7/c49-33-1-5-35(6-2-33)51-37-9-13-39(14-10-37)53-41-17-21-43(22-18-41)55-45-25-29-47(30-26-45)57-48-31-27-46(28-32-48)56-44-23-19-42(20-24-44)54-40-15-11-38(12-16-40)52-36-7-3-34(50)4-8-36/h1-32H,49-50H2. The molecule has 8 aromatic rings. The average Bonchev–Trinajstić information content (AvgIpc) is 3.24. The van der Waals surface area contributed by atoms with E-state index in [4.69, 9.17) is 11.5 Å². The largest absolute Gasteiger partial charge is 0.399 e. The van der Waals surface area contributed by atoms with Crippen LogP contribution in [0.2, 0.25) is 0 Å². The van der Waals surface area contributed by atoms with Crippen LogP contribution in [-0.2, 0) is 0 Å². The molecule has 0 aliphatic rings. The van der Waals surface area contributed by atoms with E-state index in [-0.39, 0.29) is 0 Å². The zero-order chi connectivity index (χ0) is 38.8. The van der Waals surface area contributed by atoms with Gasteiger partial charge < -0.3 is 11.5 Å². The fourth-order valence-corrected chi connectivity index (χ4v) is 11.2. The summed E-state index contributed by atoms with van der Waals surface area (Å²) in [5.74, 6) is 0. The molecule has 0 spiro atoms. The van der Waals surface area contributed by atoms with Crippen LogP contribution in [0.1, 0.15) is 0 Å². The summed E-state index contributed by atoms with van der Waals surface area (Å²) in [4.78, 5) is 17.1. The third-order valence-corrected chi connectivity index (χ3v) is 15.5. The molecule has 0 unspecified atom stereocenters. The Morgan fingerprint density at radius 2 is 0.246 bits per heavy atom. The zero-order valence-corrected chi connectivity index (χ0v) is 36.2. The minimum absolute atomic E-state index is 0.787. The van der Waals surface area contributed by atoms with Crippen molar-refractivity contribution < 1.29 is 0 Å². The van der Waals surface area contributed by atoms with Crippen LogP contribution in [0.4, 0.5) is 11.4 Å². The second-order valence-corrected chi connectivity index (χ2v) is 20.7. The molecule has 0 atom stereocenters. The second-order valence-electron chi connectivity index (χ2n) is 12.7. The Hall–Kier alpha value is -4.19. The lowest BCUT2D eigenvalue weighted by molar-refractivity contribution is 1.29. The Kier molecular flexibility index (Phi) is 13.6. The number of hydrogen-bond donors (Lipinski definition) is 2. The Balaban J connectivity index is 0.775. The van der Waals surface area contributed by atoms with Crippen LogP contribution >= 0.6 is 82.3 Å². The molecule has 0 aliphatic heterocycles. The van der Waals surface area contributed by atoms with Gasteiger partial charge in [-0.2, -0.15) is 0 Å². The molecule has 0 saturated heterocycles. The van der Waals surface area contributed by atoms with Crippen molar-refractivity contribution in [3.05, 3.63) is 194 Å². The molecule has 0 saturated carbocycles. The molecule has 8 aromatic carbocycles. The lowest BCUT2D eigenvalue weighted by atomic mass is 10.3. The van der Waals surface area contributed by atoms with Gasteiger partial charge in [-0.1, -0.05) is 82.3 Å².